The molecule has 1 saturated heterocycles. The minimum atomic E-state index is 0.258. The summed E-state index contributed by atoms with van der Waals surface area (Å²) in [5, 5.41) is 8.09. The van der Waals surface area contributed by atoms with E-state index in [2.05, 4.69) is 36.2 Å². The summed E-state index contributed by atoms with van der Waals surface area (Å²) in [6.07, 6.45) is 1.96. The van der Waals surface area contributed by atoms with Gasteiger partial charge in [0.2, 0.25) is 0 Å². The van der Waals surface area contributed by atoms with Crippen LogP contribution in [0.3, 0.4) is 0 Å². The quantitative estimate of drug-likeness (QED) is 0.927. The normalized spacial score (nSPS) is 19.0. The maximum Gasteiger partial charge on any atom is 0.155 e. The third-order valence-electron chi connectivity index (χ3n) is 4.09. The highest BCUT2D eigenvalue weighted by molar-refractivity contribution is 5.42. The summed E-state index contributed by atoms with van der Waals surface area (Å²) in [5.74, 6) is 0. The summed E-state index contributed by atoms with van der Waals surface area (Å²) in [4.78, 5) is 4.50. The Hall–Kier alpha value is -1.46. The maximum atomic E-state index is 5.29. The summed E-state index contributed by atoms with van der Waals surface area (Å²) < 4.78 is 7.22. The Kier molecular flexibility index (Phi) is 3.26. The van der Waals surface area contributed by atoms with Crippen LogP contribution in [0.4, 0.5) is 0 Å². The molecule has 1 fully saturated rings. The van der Waals surface area contributed by atoms with Crippen LogP contribution in [0.2, 0.25) is 0 Å². The van der Waals surface area contributed by atoms with Crippen LogP contribution >= 0.6 is 0 Å². The molecule has 3 heterocycles. The van der Waals surface area contributed by atoms with Gasteiger partial charge in [0.1, 0.15) is 0 Å². The summed E-state index contributed by atoms with van der Waals surface area (Å²) in [5.41, 5.74) is 4.54. The second kappa shape index (κ2) is 4.82. The molecule has 0 aliphatic carbocycles. The van der Waals surface area contributed by atoms with Crippen molar-refractivity contribution >= 4 is 5.65 Å². The van der Waals surface area contributed by atoms with Gasteiger partial charge >= 0.3 is 0 Å². The van der Waals surface area contributed by atoms with Crippen LogP contribution in [0.15, 0.2) is 12.3 Å². The molecule has 0 bridgehead atoms. The van der Waals surface area contributed by atoms with Crippen LogP contribution in [0.1, 0.15) is 36.8 Å². The first-order valence-corrected chi connectivity index (χ1v) is 7.11. The van der Waals surface area contributed by atoms with Crippen LogP contribution in [0.5, 0.6) is 0 Å². The molecule has 1 aliphatic heterocycles. The van der Waals surface area contributed by atoms with Gasteiger partial charge in [-0.3, -0.25) is 0 Å². The predicted octanol–water partition coefficient (Wildman–Crippen LogP) is 2.03. The van der Waals surface area contributed by atoms with E-state index in [1.165, 1.54) is 5.56 Å². The van der Waals surface area contributed by atoms with E-state index in [-0.39, 0.29) is 11.5 Å². The van der Waals surface area contributed by atoms with Gasteiger partial charge in [0.15, 0.2) is 5.65 Å². The van der Waals surface area contributed by atoms with Gasteiger partial charge in [-0.15, -0.1) is 0 Å². The molecule has 0 amide bonds. The van der Waals surface area contributed by atoms with Crippen molar-refractivity contribution in [2.24, 2.45) is 5.41 Å². The minimum Gasteiger partial charge on any atom is -0.380 e. The zero-order valence-corrected chi connectivity index (χ0v) is 12.6. The number of aromatic nitrogens is 3. The monoisotopic (exact) mass is 274 g/mol. The highest BCUT2D eigenvalue weighted by Crippen LogP contribution is 2.27. The van der Waals surface area contributed by atoms with Gasteiger partial charge in [-0.2, -0.15) is 5.10 Å². The Bertz CT molecular complexity index is 630. The van der Waals surface area contributed by atoms with Crippen LogP contribution in [-0.2, 0) is 4.74 Å². The van der Waals surface area contributed by atoms with E-state index < -0.39 is 0 Å². The van der Waals surface area contributed by atoms with Crippen molar-refractivity contribution in [1.29, 1.82) is 0 Å². The van der Waals surface area contributed by atoms with Crippen molar-refractivity contribution in [2.75, 3.05) is 19.8 Å². The summed E-state index contributed by atoms with van der Waals surface area (Å²) in [6, 6.07) is 2.26. The van der Waals surface area contributed by atoms with Crippen LogP contribution in [0.25, 0.3) is 5.65 Å². The highest BCUT2D eigenvalue weighted by Gasteiger charge is 2.33. The van der Waals surface area contributed by atoms with Crippen molar-refractivity contribution in [1.82, 2.24) is 19.9 Å². The lowest BCUT2D eigenvalue weighted by molar-refractivity contribution is -0.0999. The Balaban J connectivity index is 1.80. The van der Waals surface area contributed by atoms with Gasteiger partial charge < -0.3 is 10.1 Å². The van der Waals surface area contributed by atoms with Crippen molar-refractivity contribution < 1.29 is 4.74 Å². The molecule has 0 radical (unpaired) electrons. The number of fused-ring (bicyclic) bond motifs is 1. The van der Waals surface area contributed by atoms with Crippen LogP contribution in [-0.4, -0.2) is 34.4 Å². The Labute approximate surface area is 119 Å². The average molecular weight is 274 g/mol. The van der Waals surface area contributed by atoms with E-state index in [9.17, 15) is 0 Å². The molecule has 3 rings (SSSR count). The number of hydrogen-bond donors (Lipinski definition) is 1. The number of aryl methyl sites for hydroxylation is 2. The molecular formula is C15H22N4O. The number of rotatable bonds is 4. The topological polar surface area (TPSA) is 51.5 Å². The molecular weight excluding hydrogens is 252 g/mol. The molecule has 0 saturated carbocycles. The lowest BCUT2D eigenvalue weighted by atomic mass is 9.88. The zero-order chi connectivity index (χ0) is 14.3. The van der Waals surface area contributed by atoms with Crippen molar-refractivity contribution in [3.63, 3.8) is 0 Å². The Morgan fingerprint density at radius 1 is 1.45 bits per heavy atom. The first kappa shape index (κ1) is 13.5. The van der Waals surface area contributed by atoms with Gasteiger partial charge in [-0.05, 0) is 20.8 Å². The molecule has 20 heavy (non-hydrogen) atoms. The van der Waals surface area contributed by atoms with Gasteiger partial charge in [0, 0.05) is 41.5 Å². The van der Waals surface area contributed by atoms with E-state index in [1.54, 1.807) is 0 Å². The van der Waals surface area contributed by atoms with Crippen LogP contribution in [0, 0.1) is 19.3 Å². The van der Waals surface area contributed by atoms with Gasteiger partial charge in [-0.25, -0.2) is 9.50 Å². The van der Waals surface area contributed by atoms with E-state index >= 15 is 0 Å². The molecule has 5 heteroatoms. The second-order valence-electron chi connectivity index (χ2n) is 6.26. The molecule has 0 aromatic carbocycles. The van der Waals surface area contributed by atoms with E-state index in [0.717, 1.165) is 36.8 Å². The van der Waals surface area contributed by atoms with Crippen LogP contribution < -0.4 is 5.32 Å². The molecule has 108 valence electrons. The van der Waals surface area contributed by atoms with E-state index in [1.807, 2.05) is 23.7 Å². The molecule has 1 unspecified atom stereocenters. The molecule has 2 aromatic rings. The molecule has 1 aliphatic rings. The van der Waals surface area contributed by atoms with Gasteiger partial charge in [0.25, 0.3) is 0 Å². The fraction of sp³-hybridized carbons (Fsp3) is 0.600. The summed E-state index contributed by atoms with van der Waals surface area (Å²) in [7, 11) is 0. The maximum absolute atomic E-state index is 5.29. The predicted molar refractivity (Wildman–Crippen MR) is 77.8 cm³/mol. The second-order valence-corrected chi connectivity index (χ2v) is 6.26. The largest absolute Gasteiger partial charge is 0.380 e. The molecule has 1 N–H and O–H groups in total. The average Bonchev–Trinajstić information content (AvgIpc) is 2.76. The third-order valence-corrected chi connectivity index (χ3v) is 4.09. The Morgan fingerprint density at radius 2 is 2.20 bits per heavy atom. The Morgan fingerprint density at radius 3 is 2.85 bits per heavy atom. The number of nitrogens with one attached hydrogen (secondary N) is 1. The van der Waals surface area contributed by atoms with Gasteiger partial charge in [0.05, 0.1) is 18.9 Å². The first-order valence-electron chi connectivity index (χ1n) is 7.11. The van der Waals surface area contributed by atoms with Gasteiger partial charge in [-0.1, -0.05) is 6.92 Å². The summed E-state index contributed by atoms with van der Waals surface area (Å²) in [6.45, 7) is 11.2. The fourth-order valence-electron chi connectivity index (χ4n) is 2.66. The zero-order valence-electron chi connectivity index (χ0n) is 12.6. The molecule has 2 aromatic heterocycles. The SMILES string of the molecule is Cc1cc2ncc(C(C)NCC3(C)COC3)c(C)n2n1. The number of nitrogens with zero attached hydrogens (tertiary/aromatic N) is 3. The molecule has 0 spiro atoms. The van der Waals surface area contributed by atoms with E-state index in [0.29, 0.717) is 0 Å². The number of hydrogen-bond acceptors (Lipinski definition) is 4. The van der Waals surface area contributed by atoms with Crippen molar-refractivity contribution in [2.45, 2.75) is 33.7 Å². The van der Waals surface area contributed by atoms with E-state index in [4.69, 9.17) is 4.74 Å². The van der Waals surface area contributed by atoms with Crippen molar-refractivity contribution in [3.8, 4) is 0 Å². The lowest BCUT2D eigenvalue weighted by Crippen LogP contribution is -2.47. The standard InChI is InChI=1S/C15H22N4O/c1-10-5-14-16-6-13(12(3)19(14)18-10)11(2)17-7-15(4)8-20-9-15/h5-6,11,17H,7-9H2,1-4H3. The number of ether oxygens (including phenoxy) is 1. The third kappa shape index (κ3) is 2.31. The summed E-state index contributed by atoms with van der Waals surface area (Å²) >= 11 is 0. The first-order chi connectivity index (χ1) is 9.48. The lowest BCUT2D eigenvalue weighted by Gasteiger charge is -2.39. The molecule has 1 atom stereocenters. The molecule has 5 nitrogen and oxygen atoms in total. The fourth-order valence-corrected chi connectivity index (χ4v) is 2.66. The highest BCUT2D eigenvalue weighted by atomic mass is 16.5. The minimum absolute atomic E-state index is 0.258. The van der Waals surface area contributed by atoms with Crippen molar-refractivity contribution in [3.05, 3.63) is 29.2 Å². The smallest absolute Gasteiger partial charge is 0.155 e.